The van der Waals surface area contributed by atoms with E-state index in [1.807, 2.05) is 27.2 Å². The highest BCUT2D eigenvalue weighted by Crippen LogP contribution is 2.43. The first-order valence-corrected chi connectivity index (χ1v) is 29.6. The number of quaternary nitrogens is 1. The van der Waals surface area contributed by atoms with Crippen LogP contribution in [-0.2, 0) is 18.4 Å². The number of amides is 1. The number of hydrogen-bond donors (Lipinski definition) is 3. The summed E-state index contributed by atoms with van der Waals surface area (Å²) < 4.78 is 23.5. The Hall–Kier alpha value is -3.36. The van der Waals surface area contributed by atoms with Gasteiger partial charge in [0.25, 0.3) is 0 Å². The number of carbonyl (C=O) groups excluding carboxylic acids is 1. The van der Waals surface area contributed by atoms with Crippen molar-refractivity contribution in [2.45, 2.75) is 212 Å². The molecule has 71 heavy (non-hydrogen) atoms. The standard InChI is InChI=1S/C62H105N2O6P/c1-6-8-10-12-14-16-18-19-20-21-22-23-24-25-26-27-28-29-30-31-32-33-34-35-36-37-38-39-40-41-42-43-44-45-46-48-50-52-54-56-62(66)63-60(59-70-71(67,68)69-58-57-64(3,4)5)61(65)55-53-51-49-47-17-15-13-11-9-7-2/h8-11,14,16-17,19-20,22-23,25-26,28-29,31-32,34-35,47,53,55,60-61,65H,6-7,12-13,15,18,21,24,27,30,33,36-46,48-52,54,56-59H2,1-5H3,(H-,63,66,67,68)/p+1/b10-8-,11-9+,16-14-,20-19-,23-22-,26-25-,29-28-,32-31-,35-34-,47-17+,55-53+. The van der Waals surface area contributed by atoms with Crippen LogP contribution in [0.2, 0.25) is 0 Å². The summed E-state index contributed by atoms with van der Waals surface area (Å²) in [5, 5.41) is 13.8. The van der Waals surface area contributed by atoms with E-state index in [-0.39, 0.29) is 19.1 Å². The van der Waals surface area contributed by atoms with E-state index >= 15 is 0 Å². The largest absolute Gasteiger partial charge is 0.472 e. The van der Waals surface area contributed by atoms with Gasteiger partial charge >= 0.3 is 7.82 Å². The molecule has 0 spiro atoms. The van der Waals surface area contributed by atoms with Gasteiger partial charge in [0, 0.05) is 6.42 Å². The molecule has 3 N–H and O–H groups in total. The predicted molar refractivity (Wildman–Crippen MR) is 308 cm³/mol. The summed E-state index contributed by atoms with van der Waals surface area (Å²) in [5.41, 5.74) is 0. The lowest BCUT2D eigenvalue weighted by molar-refractivity contribution is -0.870. The highest BCUT2D eigenvalue weighted by atomic mass is 31.2. The fraction of sp³-hybridized carbons (Fsp3) is 0.629. The van der Waals surface area contributed by atoms with Gasteiger partial charge in [0.1, 0.15) is 13.2 Å². The Labute approximate surface area is 436 Å². The van der Waals surface area contributed by atoms with Crippen molar-refractivity contribution < 1.29 is 32.9 Å². The third kappa shape index (κ3) is 54.3. The quantitative estimate of drug-likeness (QED) is 0.0243. The second-order valence-corrected chi connectivity index (χ2v) is 21.0. The van der Waals surface area contributed by atoms with Crippen LogP contribution in [0.1, 0.15) is 200 Å². The van der Waals surface area contributed by atoms with Crippen molar-refractivity contribution >= 4 is 13.7 Å². The molecule has 0 heterocycles. The molecule has 0 aromatic rings. The van der Waals surface area contributed by atoms with Crippen molar-refractivity contribution in [1.82, 2.24) is 5.32 Å². The van der Waals surface area contributed by atoms with Crippen LogP contribution < -0.4 is 5.32 Å². The second kappa shape index (κ2) is 51.5. The maximum Gasteiger partial charge on any atom is 0.472 e. The Morgan fingerprint density at radius 2 is 0.817 bits per heavy atom. The van der Waals surface area contributed by atoms with E-state index in [2.05, 4.69) is 141 Å². The van der Waals surface area contributed by atoms with E-state index in [4.69, 9.17) is 9.05 Å². The molecule has 0 saturated carbocycles. The fourth-order valence-corrected chi connectivity index (χ4v) is 8.01. The first-order valence-electron chi connectivity index (χ1n) is 28.1. The summed E-state index contributed by atoms with van der Waals surface area (Å²) in [7, 11) is 1.53. The van der Waals surface area contributed by atoms with Crippen molar-refractivity contribution in [3.63, 3.8) is 0 Å². The number of likely N-dealkylation sites (N-methyl/N-ethyl adjacent to an activating group) is 1. The van der Waals surface area contributed by atoms with E-state index in [9.17, 15) is 19.4 Å². The Kier molecular flexibility index (Phi) is 49.1. The van der Waals surface area contributed by atoms with Crippen molar-refractivity contribution in [2.24, 2.45) is 0 Å². The highest BCUT2D eigenvalue weighted by Gasteiger charge is 2.27. The number of allylic oxidation sites excluding steroid dienone is 21. The lowest BCUT2D eigenvalue weighted by Gasteiger charge is -2.25. The Morgan fingerprint density at radius 1 is 0.479 bits per heavy atom. The Balaban J connectivity index is 4.00. The van der Waals surface area contributed by atoms with Gasteiger partial charge in [-0.1, -0.05) is 225 Å². The second-order valence-electron chi connectivity index (χ2n) is 19.5. The molecule has 0 aliphatic heterocycles. The van der Waals surface area contributed by atoms with E-state index in [1.165, 1.54) is 77.0 Å². The molecule has 0 fully saturated rings. The number of rotatable bonds is 49. The fourth-order valence-electron chi connectivity index (χ4n) is 7.27. The number of unbranched alkanes of at least 4 members (excludes halogenated alkanes) is 16. The topological polar surface area (TPSA) is 105 Å². The van der Waals surface area contributed by atoms with Crippen LogP contribution in [0.3, 0.4) is 0 Å². The Bertz CT molecular complexity index is 1610. The summed E-state index contributed by atoms with van der Waals surface area (Å²) >= 11 is 0. The molecule has 3 unspecified atom stereocenters. The number of aliphatic hydroxyl groups excluding tert-OH is 1. The zero-order valence-corrected chi connectivity index (χ0v) is 46.8. The molecular weight excluding hydrogens is 900 g/mol. The zero-order valence-electron chi connectivity index (χ0n) is 45.9. The molecule has 0 bridgehead atoms. The molecule has 0 aliphatic carbocycles. The van der Waals surface area contributed by atoms with Gasteiger partial charge < -0.3 is 19.8 Å². The number of phosphoric acid groups is 1. The van der Waals surface area contributed by atoms with Crippen molar-refractivity contribution in [2.75, 3.05) is 40.9 Å². The lowest BCUT2D eigenvalue weighted by atomic mass is 10.0. The van der Waals surface area contributed by atoms with Crippen LogP contribution in [0, 0.1) is 0 Å². The first-order chi connectivity index (χ1) is 34.5. The third-order valence-corrected chi connectivity index (χ3v) is 12.6. The van der Waals surface area contributed by atoms with Gasteiger partial charge in [-0.25, -0.2) is 4.57 Å². The average Bonchev–Trinajstić information content (AvgIpc) is 3.33. The normalized spacial score (nSPS) is 15.0. The molecule has 8 nitrogen and oxygen atoms in total. The number of nitrogens with one attached hydrogen (secondary N) is 1. The molecule has 0 radical (unpaired) electrons. The van der Waals surface area contributed by atoms with Gasteiger partial charge in [-0.05, 0) is 103 Å². The number of carbonyl (C=O) groups is 1. The van der Waals surface area contributed by atoms with Crippen LogP contribution in [0.4, 0.5) is 0 Å². The molecule has 3 atom stereocenters. The third-order valence-electron chi connectivity index (χ3n) is 11.6. The minimum absolute atomic E-state index is 0.0476. The number of phosphoric ester groups is 1. The molecule has 9 heteroatoms. The lowest BCUT2D eigenvalue weighted by Crippen LogP contribution is -2.45. The molecule has 404 valence electrons. The van der Waals surface area contributed by atoms with Gasteiger partial charge in [-0.15, -0.1) is 0 Å². The van der Waals surface area contributed by atoms with E-state index in [1.54, 1.807) is 6.08 Å². The number of hydrogen-bond acceptors (Lipinski definition) is 5. The van der Waals surface area contributed by atoms with E-state index in [0.717, 1.165) is 103 Å². The van der Waals surface area contributed by atoms with Crippen molar-refractivity contribution in [3.05, 3.63) is 134 Å². The van der Waals surface area contributed by atoms with Gasteiger partial charge in [-0.3, -0.25) is 13.8 Å². The average molecular weight is 1010 g/mol. The molecule has 0 aliphatic rings. The van der Waals surface area contributed by atoms with Crippen LogP contribution in [0.5, 0.6) is 0 Å². The molecule has 1 amide bonds. The predicted octanol–water partition coefficient (Wildman–Crippen LogP) is 17.1. The van der Waals surface area contributed by atoms with Crippen LogP contribution >= 0.6 is 7.82 Å². The van der Waals surface area contributed by atoms with Crippen molar-refractivity contribution in [3.8, 4) is 0 Å². The molecule has 0 saturated heterocycles. The van der Waals surface area contributed by atoms with Crippen molar-refractivity contribution in [1.29, 1.82) is 0 Å². The maximum atomic E-state index is 12.9. The number of nitrogens with zero attached hydrogens (tertiary/aromatic N) is 1. The van der Waals surface area contributed by atoms with Crippen LogP contribution in [0.25, 0.3) is 0 Å². The molecule has 0 aromatic heterocycles. The Morgan fingerprint density at radius 3 is 1.24 bits per heavy atom. The van der Waals surface area contributed by atoms with Gasteiger partial charge in [0.05, 0.1) is 39.9 Å². The molecule has 0 aromatic carbocycles. The van der Waals surface area contributed by atoms with Gasteiger partial charge in [0.2, 0.25) is 5.91 Å². The minimum Gasteiger partial charge on any atom is -0.387 e. The summed E-state index contributed by atoms with van der Waals surface area (Å²) in [6.07, 6.45) is 78.7. The van der Waals surface area contributed by atoms with Gasteiger partial charge in [-0.2, -0.15) is 0 Å². The molecular formula is C62H106N2O6P+. The summed E-state index contributed by atoms with van der Waals surface area (Å²) in [6, 6.07) is -0.876. The smallest absolute Gasteiger partial charge is 0.387 e. The SMILES string of the molecule is CC/C=C\C/C=C\C/C=C\C/C=C\C/C=C\C/C=C\C/C=C\C/C=C\CCCCCCCCCCCCCCCCC(=O)NC(COP(=O)(O)OCC[N+](C)(C)C)C(O)/C=C/CC/C=C/CC/C=C/CC. The summed E-state index contributed by atoms with van der Waals surface area (Å²) in [4.78, 5) is 23.2. The van der Waals surface area contributed by atoms with Gasteiger partial charge in [0.15, 0.2) is 0 Å². The first kappa shape index (κ1) is 67.6. The number of aliphatic hydroxyl groups is 1. The summed E-state index contributed by atoms with van der Waals surface area (Å²) in [5.74, 6) is -0.200. The minimum atomic E-state index is -4.36. The zero-order chi connectivity index (χ0) is 52.0. The van der Waals surface area contributed by atoms with Crippen LogP contribution in [0.15, 0.2) is 134 Å². The van der Waals surface area contributed by atoms with E-state index < -0.39 is 20.0 Å². The van der Waals surface area contributed by atoms with Crippen LogP contribution in [-0.4, -0.2) is 73.4 Å². The van der Waals surface area contributed by atoms with E-state index in [0.29, 0.717) is 17.4 Å². The summed E-state index contributed by atoms with van der Waals surface area (Å²) in [6.45, 7) is 4.52. The molecule has 0 rings (SSSR count). The maximum absolute atomic E-state index is 12.9. The monoisotopic (exact) mass is 1010 g/mol. The highest BCUT2D eigenvalue weighted by molar-refractivity contribution is 7.47.